The monoisotopic (exact) mass is 242 g/mol. The summed E-state index contributed by atoms with van der Waals surface area (Å²) in [5.74, 6) is 0.345. The van der Waals surface area contributed by atoms with Crippen molar-refractivity contribution in [3.8, 4) is 0 Å². The highest BCUT2D eigenvalue weighted by Crippen LogP contribution is 2.23. The first-order valence-electron chi connectivity index (χ1n) is 6.10. The smallest absolute Gasteiger partial charge is 0.104 e. The molecule has 1 aromatic carbocycles. The summed E-state index contributed by atoms with van der Waals surface area (Å²) in [5, 5.41) is 10.2. The average Bonchev–Trinajstić information content (AvgIpc) is 2.47. The van der Waals surface area contributed by atoms with Crippen molar-refractivity contribution < 1.29 is 5.11 Å². The normalized spacial score (nSPS) is 14.2. The first-order valence-corrected chi connectivity index (χ1v) is 6.10. The number of aromatic nitrogens is 1. The van der Waals surface area contributed by atoms with E-state index in [9.17, 15) is 5.11 Å². The fourth-order valence-electron chi connectivity index (χ4n) is 1.88. The van der Waals surface area contributed by atoms with Gasteiger partial charge >= 0.3 is 0 Å². The Morgan fingerprint density at radius 1 is 1.00 bits per heavy atom. The largest absolute Gasteiger partial charge is 0.384 e. The van der Waals surface area contributed by atoms with E-state index in [1.165, 1.54) is 5.56 Å². The molecule has 0 saturated heterocycles. The predicted molar refractivity (Wildman–Crippen MR) is 72.2 cm³/mol. The van der Waals surface area contributed by atoms with Crippen molar-refractivity contribution in [2.75, 3.05) is 6.54 Å². The van der Waals surface area contributed by atoms with Crippen LogP contribution in [0.2, 0.25) is 0 Å². The lowest BCUT2D eigenvalue weighted by molar-refractivity contribution is 0.220. The lowest BCUT2D eigenvalue weighted by atomic mass is 9.96. The van der Waals surface area contributed by atoms with Gasteiger partial charge in [0, 0.05) is 12.4 Å². The van der Waals surface area contributed by atoms with Gasteiger partial charge in [-0.05, 0) is 41.3 Å². The Kier molecular flexibility index (Phi) is 4.07. The molecule has 0 fully saturated rings. The Hall–Kier alpha value is -1.71. The van der Waals surface area contributed by atoms with E-state index in [-0.39, 0.29) is 0 Å². The van der Waals surface area contributed by atoms with E-state index in [0.29, 0.717) is 12.5 Å². The molecule has 0 bridgehead atoms. The summed E-state index contributed by atoms with van der Waals surface area (Å²) in [4.78, 5) is 3.94. The van der Waals surface area contributed by atoms with Crippen molar-refractivity contribution in [3.63, 3.8) is 0 Å². The number of hydrogen-bond donors (Lipinski definition) is 2. The molecule has 2 aromatic rings. The van der Waals surface area contributed by atoms with Crippen molar-refractivity contribution in [3.05, 3.63) is 65.5 Å². The summed E-state index contributed by atoms with van der Waals surface area (Å²) in [7, 11) is 0. The van der Waals surface area contributed by atoms with E-state index in [2.05, 4.69) is 11.9 Å². The summed E-state index contributed by atoms with van der Waals surface area (Å²) < 4.78 is 0. The van der Waals surface area contributed by atoms with Gasteiger partial charge in [-0.15, -0.1) is 0 Å². The predicted octanol–water partition coefficient (Wildman–Crippen LogP) is 2.23. The number of aliphatic hydroxyl groups excluding tert-OH is 1. The third-order valence-corrected chi connectivity index (χ3v) is 3.20. The molecule has 0 aliphatic carbocycles. The quantitative estimate of drug-likeness (QED) is 0.864. The second kappa shape index (κ2) is 5.76. The number of hydrogen-bond acceptors (Lipinski definition) is 3. The average molecular weight is 242 g/mol. The molecule has 0 aliphatic heterocycles. The molecule has 94 valence electrons. The summed E-state index contributed by atoms with van der Waals surface area (Å²) in [6.45, 7) is 2.72. The van der Waals surface area contributed by atoms with Gasteiger partial charge in [-0.25, -0.2) is 0 Å². The molecule has 1 aromatic heterocycles. The number of nitrogens with zero attached hydrogens (tertiary/aromatic N) is 1. The van der Waals surface area contributed by atoms with E-state index >= 15 is 0 Å². The first kappa shape index (κ1) is 12.7. The molecule has 0 aliphatic rings. The molecule has 0 amide bonds. The number of benzene rings is 1. The second-order valence-electron chi connectivity index (χ2n) is 4.49. The summed E-state index contributed by atoms with van der Waals surface area (Å²) in [6.07, 6.45) is 2.77. The summed E-state index contributed by atoms with van der Waals surface area (Å²) in [5.41, 5.74) is 8.57. The van der Waals surface area contributed by atoms with Crippen molar-refractivity contribution in [1.82, 2.24) is 4.98 Å². The van der Waals surface area contributed by atoms with Crippen LogP contribution in [0.5, 0.6) is 0 Å². The van der Waals surface area contributed by atoms with Crippen LogP contribution in [0.1, 0.15) is 35.6 Å². The maximum atomic E-state index is 10.2. The zero-order valence-corrected chi connectivity index (χ0v) is 10.5. The van der Waals surface area contributed by atoms with Gasteiger partial charge in [0.15, 0.2) is 0 Å². The summed E-state index contributed by atoms with van der Waals surface area (Å²) >= 11 is 0. The van der Waals surface area contributed by atoms with Crippen LogP contribution in [0.25, 0.3) is 0 Å². The van der Waals surface area contributed by atoms with Crippen LogP contribution in [-0.2, 0) is 0 Å². The fourth-order valence-corrected chi connectivity index (χ4v) is 1.88. The van der Waals surface area contributed by atoms with Crippen LogP contribution in [-0.4, -0.2) is 16.6 Å². The molecule has 0 saturated carbocycles. The Morgan fingerprint density at radius 2 is 1.50 bits per heavy atom. The molecular formula is C15H18N2O. The van der Waals surface area contributed by atoms with Crippen molar-refractivity contribution >= 4 is 0 Å². The maximum Gasteiger partial charge on any atom is 0.104 e. The van der Waals surface area contributed by atoms with E-state index < -0.39 is 6.10 Å². The Balaban J connectivity index is 2.19. The minimum atomic E-state index is -0.602. The molecule has 2 rings (SSSR count). The van der Waals surface area contributed by atoms with Crippen LogP contribution < -0.4 is 5.73 Å². The molecule has 1 heterocycles. The van der Waals surface area contributed by atoms with E-state index in [1.54, 1.807) is 12.4 Å². The molecule has 18 heavy (non-hydrogen) atoms. The van der Waals surface area contributed by atoms with Gasteiger partial charge < -0.3 is 10.8 Å². The first-order chi connectivity index (χ1) is 8.72. The molecule has 3 heteroatoms. The van der Waals surface area contributed by atoms with Gasteiger partial charge in [0.25, 0.3) is 0 Å². The van der Waals surface area contributed by atoms with Gasteiger partial charge in [-0.3, -0.25) is 4.98 Å². The molecule has 2 unspecified atom stereocenters. The van der Waals surface area contributed by atoms with Gasteiger partial charge in [0.2, 0.25) is 0 Å². The molecule has 3 nitrogen and oxygen atoms in total. The summed E-state index contributed by atoms with van der Waals surface area (Å²) in [6, 6.07) is 11.6. The molecular weight excluding hydrogens is 224 g/mol. The second-order valence-corrected chi connectivity index (χ2v) is 4.49. The highest BCUT2D eigenvalue weighted by atomic mass is 16.3. The van der Waals surface area contributed by atoms with Crippen LogP contribution in [0.15, 0.2) is 48.8 Å². The molecule has 3 N–H and O–H groups in total. The standard InChI is InChI=1S/C15H18N2O/c1-11(10-16)12-2-4-13(5-3-12)15(18)14-6-8-17-9-7-14/h2-9,11,15,18H,10,16H2,1H3. The number of rotatable bonds is 4. The Bertz CT molecular complexity index is 482. The van der Waals surface area contributed by atoms with Crippen molar-refractivity contribution in [2.24, 2.45) is 5.73 Å². The number of pyridine rings is 1. The fraction of sp³-hybridized carbons (Fsp3) is 0.267. The third kappa shape index (κ3) is 2.75. The van der Waals surface area contributed by atoms with Crippen LogP contribution in [0.4, 0.5) is 0 Å². The lowest BCUT2D eigenvalue weighted by Crippen LogP contribution is -2.09. The molecule has 0 radical (unpaired) electrons. The Labute approximate surface area is 107 Å². The minimum Gasteiger partial charge on any atom is -0.384 e. The zero-order valence-electron chi connectivity index (χ0n) is 10.5. The Morgan fingerprint density at radius 3 is 2.06 bits per heavy atom. The van der Waals surface area contributed by atoms with Gasteiger partial charge in [-0.1, -0.05) is 31.2 Å². The SMILES string of the molecule is CC(CN)c1ccc(C(O)c2ccncc2)cc1. The van der Waals surface area contributed by atoms with Crippen molar-refractivity contribution in [2.45, 2.75) is 18.9 Å². The van der Waals surface area contributed by atoms with Gasteiger partial charge in [-0.2, -0.15) is 0 Å². The zero-order chi connectivity index (χ0) is 13.0. The van der Waals surface area contributed by atoms with E-state index in [1.807, 2.05) is 36.4 Å². The van der Waals surface area contributed by atoms with Crippen LogP contribution in [0.3, 0.4) is 0 Å². The van der Waals surface area contributed by atoms with Crippen molar-refractivity contribution in [1.29, 1.82) is 0 Å². The maximum absolute atomic E-state index is 10.2. The van der Waals surface area contributed by atoms with Gasteiger partial charge in [0.05, 0.1) is 0 Å². The van der Waals surface area contributed by atoms with E-state index in [4.69, 9.17) is 5.73 Å². The van der Waals surface area contributed by atoms with E-state index in [0.717, 1.165) is 11.1 Å². The minimum absolute atomic E-state index is 0.345. The third-order valence-electron chi connectivity index (χ3n) is 3.20. The molecule has 0 spiro atoms. The lowest BCUT2D eigenvalue weighted by Gasteiger charge is -2.13. The van der Waals surface area contributed by atoms with Crippen LogP contribution in [0, 0.1) is 0 Å². The number of nitrogens with two attached hydrogens (primary N) is 1. The van der Waals surface area contributed by atoms with Crippen LogP contribution >= 0.6 is 0 Å². The number of aliphatic hydroxyl groups is 1. The van der Waals surface area contributed by atoms with Gasteiger partial charge in [0.1, 0.15) is 6.10 Å². The molecule has 2 atom stereocenters. The highest BCUT2D eigenvalue weighted by Gasteiger charge is 2.10. The highest BCUT2D eigenvalue weighted by molar-refractivity contribution is 5.32. The topological polar surface area (TPSA) is 59.1 Å².